The van der Waals surface area contributed by atoms with Gasteiger partial charge in [-0.25, -0.2) is 21.6 Å². The summed E-state index contributed by atoms with van der Waals surface area (Å²) in [6.45, 7) is 0.893. The second-order valence-electron chi connectivity index (χ2n) is 7.07. The lowest BCUT2D eigenvalue weighted by Crippen LogP contribution is -2.45. The number of nitrogens with one attached hydrogen (secondary N) is 2. The maximum atomic E-state index is 13.4. The van der Waals surface area contributed by atoms with Crippen LogP contribution in [0.3, 0.4) is 0 Å². The summed E-state index contributed by atoms with van der Waals surface area (Å²) in [6.07, 6.45) is 2.48. The summed E-state index contributed by atoms with van der Waals surface area (Å²) in [4.78, 5) is 12.5. The van der Waals surface area contributed by atoms with Crippen LogP contribution in [0.2, 0.25) is 0 Å². The fourth-order valence-electron chi connectivity index (χ4n) is 3.70. The van der Waals surface area contributed by atoms with Gasteiger partial charge in [0.25, 0.3) is 5.91 Å². The molecule has 0 saturated carbocycles. The Balaban J connectivity index is 1.66. The Kier molecular flexibility index (Phi) is 4.99. The number of fused-ring (bicyclic) bond motifs is 2. The number of sulfonamides is 1. The highest BCUT2D eigenvalue weighted by molar-refractivity contribution is 7.89. The van der Waals surface area contributed by atoms with E-state index < -0.39 is 33.4 Å². The molecule has 0 bridgehead atoms. The van der Waals surface area contributed by atoms with Gasteiger partial charge >= 0.3 is 0 Å². The molecule has 10 heteroatoms. The molecule has 154 valence electrons. The molecule has 2 aromatic carbocycles. The molecule has 2 heterocycles. The van der Waals surface area contributed by atoms with Crippen LogP contribution in [0.5, 0.6) is 0 Å². The van der Waals surface area contributed by atoms with Crippen LogP contribution in [0, 0.1) is 17.5 Å². The van der Waals surface area contributed by atoms with E-state index in [1.807, 2.05) is 0 Å². The molecule has 2 aromatic rings. The Morgan fingerprint density at radius 3 is 2.55 bits per heavy atom. The molecule has 1 amide bonds. The van der Waals surface area contributed by atoms with Crippen molar-refractivity contribution in [3.63, 3.8) is 0 Å². The number of rotatable bonds is 2. The quantitative estimate of drug-likeness (QED) is 0.724. The van der Waals surface area contributed by atoms with Crippen molar-refractivity contribution in [1.29, 1.82) is 0 Å². The number of hydrogen-bond donors (Lipinski definition) is 2. The van der Waals surface area contributed by atoms with E-state index in [0.29, 0.717) is 30.9 Å². The van der Waals surface area contributed by atoms with Crippen molar-refractivity contribution < 1.29 is 26.4 Å². The molecule has 2 N–H and O–H groups in total. The van der Waals surface area contributed by atoms with E-state index in [9.17, 15) is 26.4 Å². The number of nitrogens with zero attached hydrogens (tertiary/aromatic N) is 1. The fourth-order valence-corrected chi connectivity index (χ4v) is 5.59. The van der Waals surface area contributed by atoms with Crippen LogP contribution in [0.15, 0.2) is 35.2 Å². The van der Waals surface area contributed by atoms with Crippen LogP contribution in [0.4, 0.5) is 24.5 Å². The van der Waals surface area contributed by atoms with Crippen LogP contribution in [-0.2, 0) is 10.0 Å². The molecule has 1 atom stereocenters. The predicted molar refractivity (Wildman–Crippen MR) is 101 cm³/mol. The molecule has 1 fully saturated rings. The minimum Gasteiger partial charge on any atom is -0.382 e. The standard InChI is InChI=1S/C19H18F3N3O3S/c20-14-8-12(9-15(21)18(14)22)24-19(26)11-4-5-16-17(7-11)29(27,28)25-6-2-1-3-13(25)10-23-16/h4-5,7-9,13,23H,1-3,6,10H2,(H,24,26)/t13-/m0/s1. The molecule has 0 aliphatic carbocycles. The van der Waals surface area contributed by atoms with Gasteiger partial charge in [0, 0.05) is 42.5 Å². The lowest BCUT2D eigenvalue weighted by Gasteiger charge is -2.32. The van der Waals surface area contributed by atoms with E-state index in [1.165, 1.54) is 22.5 Å². The average molecular weight is 425 g/mol. The van der Waals surface area contributed by atoms with Gasteiger partial charge in [-0.3, -0.25) is 4.79 Å². The first-order valence-corrected chi connectivity index (χ1v) is 10.6. The largest absolute Gasteiger partial charge is 0.382 e. The van der Waals surface area contributed by atoms with Crippen molar-refractivity contribution in [3.8, 4) is 0 Å². The Labute approximate surface area is 165 Å². The highest BCUT2D eigenvalue weighted by Gasteiger charge is 2.37. The summed E-state index contributed by atoms with van der Waals surface area (Å²) in [7, 11) is -3.81. The Bertz CT molecular complexity index is 1070. The van der Waals surface area contributed by atoms with Crippen LogP contribution >= 0.6 is 0 Å². The summed E-state index contributed by atoms with van der Waals surface area (Å²) >= 11 is 0. The monoisotopic (exact) mass is 425 g/mol. The third-order valence-corrected chi connectivity index (χ3v) is 7.17. The summed E-state index contributed by atoms with van der Waals surface area (Å²) in [5.41, 5.74) is 0.114. The molecule has 29 heavy (non-hydrogen) atoms. The van der Waals surface area contributed by atoms with Crippen molar-refractivity contribution in [1.82, 2.24) is 4.31 Å². The van der Waals surface area contributed by atoms with Crippen LogP contribution in [0.1, 0.15) is 29.6 Å². The maximum Gasteiger partial charge on any atom is 0.255 e. The highest BCUT2D eigenvalue weighted by atomic mass is 32.2. The first-order valence-electron chi connectivity index (χ1n) is 9.13. The number of amides is 1. The normalized spacial score (nSPS) is 20.7. The van der Waals surface area contributed by atoms with Crippen molar-refractivity contribution in [2.45, 2.75) is 30.2 Å². The molecule has 1 saturated heterocycles. The van der Waals surface area contributed by atoms with E-state index >= 15 is 0 Å². The summed E-state index contributed by atoms with van der Waals surface area (Å²) in [5, 5.41) is 5.38. The predicted octanol–water partition coefficient (Wildman–Crippen LogP) is 3.32. The van der Waals surface area contributed by atoms with E-state index in [2.05, 4.69) is 10.6 Å². The third kappa shape index (κ3) is 3.58. The zero-order valence-electron chi connectivity index (χ0n) is 15.2. The van der Waals surface area contributed by atoms with Gasteiger partial charge in [-0.2, -0.15) is 4.31 Å². The third-order valence-electron chi connectivity index (χ3n) is 5.17. The van der Waals surface area contributed by atoms with Crippen LogP contribution < -0.4 is 10.6 Å². The van der Waals surface area contributed by atoms with Crippen molar-refractivity contribution in [3.05, 3.63) is 53.3 Å². The first kappa shape index (κ1) is 19.7. The molecule has 0 aromatic heterocycles. The number of carbonyl (C=O) groups excluding carboxylic acids is 1. The zero-order valence-corrected chi connectivity index (χ0v) is 16.0. The number of hydrogen-bond acceptors (Lipinski definition) is 4. The fraction of sp³-hybridized carbons (Fsp3) is 0.316. The van der Waals surface area contributed by atoms with Gasteiger partial charge in [0.15, 0.2) is 17.5 Å². The van der Waals surface area contributed by atoms with Crippen LogP contribution in [-0.4, -0.2) is 37.8 Å². The van der Waals surface area contributed by atoms with Crippen molar-refractivity contribution >= 4 is 27.3 Å². The minimum atomic E-state index is -3.81. The minimum absolute atomic E-state index is 0.00488. The number of piperidine rings is 1. The van der Waals surface area contributed by atoms with Gasteiger partial charge in [0.2, 0.25) is 10.0 Å². The van der Waals surface area contributed by atoms with E-state index in [-0.39, 0.29) is 22.2 Å². The summed E-state index contributed by atoms with van der Waals surface area (Å²) < 4.78 is 67.5. The van der Waals surface area contributed by atoms with Gasteiger partial charge in [0.05, 0.1) is 5.69 Å². The Morgan fingerprint density at radius 1 is 1.10 bits per heavy atom. The lowest BCUT2D eigenvalue weighted by atomic mass is 10.0. The second kappa shape index (κ2) is 7.34. The number of halogens is 3. The molecule has 2 aliphatic rings. The summed E-state index contributed by atoms with van der Waals surface area (Å²) in [5.74, 6) is -5.29. The van der Waals surface area contributed by atoms with E-state index in [1.54, 1.807) is 0 Å². The van der Waals surface area contributed by atoms with Gasteiger partial charge < -0.3 is 10.6 Å². The SMILES string of the molecule is O=C(Nc1cc(F)c(F)c(F)c1)c1ccc2c(c1)S(=O)(=O)N1CCCC[C@H]1CN2. The zero-order chi connectivity index (χ0) is 20.8. The van der Waals surface area contributed by atoms with Crippen molar-refractivity contribution in [2.24, 2.45) is 0 Å². The second-order valence-corrected chi connectivity index (χ2v) is 8.92. The van der Waals surface area contributed by atoms with Crippen molar-refractivity contribution in [2.75, 3.05) is 23.7 Å². The molecule has 0 radical (unpaired) electrons. The van der Waals surface area contributed by atoms with Gasteiger partial charge in [-0.15, -0.1) is 0 Å². The number of carbonyl (C=O) groups is 1. The van der Waals surface area contributed by atoms with Crippen LogP contribution in [0.25, 0.3) is 0 Å². The van der Waals surface area contributed by atoms with Gasteiger partial charge in [-0.1, -0.05) is 6.42 Å². The molecule has 4 rings (SSSR count). The smallest absolute Gasteiger partial charge is 0.255 e. The molecular weight excluding hydrogens is 407 g/mol. The lowest BCUT2D eigenvalue weighted by molar-refractivity contribution is 0.102. The van der Waals surface area contributed by atoms with E-state index in [0.717, 1.165) is 19.3 Å². The summed E-state index contributed by atoms with van der Waals surface area (Å²) in [6, 6.07) is 5.29. The molecule has 0 unspecified atom stereocenters. The molecule has 2 aliphatic heterocycles. The Morgan fingerprint density at radius 2 is 1.83 bits per heavy atom. The first-order chi connectivity index (χ1) is 13.8. The highest BCUT2D eigenvalue weighted by Crippen LogP contribution is 2.33. The molecular formula is C19H18F3N3O3S. The molecule has 6 nitrogen and oxygen atoms in total. The molecule has 0 spiro atoms. The van der Waals surface area contributed by atoms with Gasteiger partial charge in [0.1, 0.15) is 4.90 Å². The number of benzene rings is 2. The maximum absolute atomic E-state index is 13.4. The topological polar surface area (TPSA) is 78.5 Å². The average Bonchev–Trinajstić information content (AvgIpc) is 2.80. The Hall–Kier alpha value is -2.59. The van der Waals surface area contributed by atoms with E-state index in [4.69, 9.17) is 0 Å². The van der Waals surface area contributed by atoms with Gasteiger partial charge in [-0.05, 0) is 31.0 Å². The number of anilines is 2.